The first-order valence-corrected chi connectivity index (χ1v) is 5.79. The first kappa shape index (κ1) is 14.9. The third-order valence-corrected chi connectivity index (χ3v) is 3.19. The summed E-state index contributed by atoms with van der Waals surface area (Å²) in [6, 6.07) is 0. The van der Waals surface area contributed by atoms with Crippen LogP contribution in [-0.2, 0) is 9.59 Å². The summed E-state index contributed by atoms with van der Waals surface area (Å²) in [5.41, 5.74) is 0. The van der Waals surface area contributed by atoms with Gasteiger partial charge in [0.2, 0.25) is 5.91 Å². The van der Waals surface area contributed by atoms with Crippen molar-refractivity contribution in [2.45, 2.75) is 34.1 Å². The lowest BCUT2D eigenvalue weighted by molar-refractivity contribution is -0.148. The van der Waals surface area contributed by atoms with Crippen molar-refractivity contribution >= 4 is 11.9 Å². The fraction of sp³-hybridized carbons (Fsp3) is 0.833. The van der Waals surface area contributed by atoms with Crippen LogP contribution in [0.25, 0.3) is 0 Å². The number of rotatable bonds is 6. The molecule has 0 aromatic carbocycles. The van der Waals surface area contributed by atoms with E-state index in [0.717, 1.165) is 6.42 Å². The van der Waals surface area contributed by atoms with Crippen LogP contribution in [0, 0.1) is 17.8 Å². The normalized spacial score (nSPS) is 16.3. The van der Waals surface area contributed by atoms with Crippen molar-refractivity contribution in [3.8, 4) is 0 Å². The van der Waals surface area contributed by atoms with Gasteiger partial charge in [-0.2, -0.15) is 0 Å². The number of carbonyl (C=O) groups excluding carboxylic acids is 1. The summed E-state index contributed by atoms with van der Waals surface area (Å²) in [6.45, 7) is 8.09. The molecule has 0 aromatic heterocycles. The maximum atomic E-state index is 11.9. The van der Waals surface area contributed by atoms with Crippen LogP contribution in [0.1, 0.15) is 34.1 Å². The minimum atomic E-state index is -0.919. The first-order valence-electron chi connectivity index (χ1n) is 5.79. The van der Waals surface area contributed by atoms with E-state index in [4.69, 9.17) is 5.11 Å². The average Bonchev–Trinajstić information content (AvgIpc) is 2.25. The SMILES string of the molecule is CCC(C)CN(C)C(=O)C(C)C(C)C(=O)O. The van der Waals surface area contributed by atoms with Crippen molar-refractivity contribution in [2.24, 2.45) is 17.8 Å². The zero-order chi connectivity index (χ0) is 12.9. The van der Waals surface area contributed by atoms with E-state index in [1.807, 2.05) is 0 Å². The van der Waals surface area contributed by atoms with Gasteiger partial charge in [0.15, 0.2) is 0 Å². The molecule has 4 nitrogen and oxygen atoms in total. The van der Waals surface area contributed by atoms with Crippen LogP contribution in [-0.4, -0.2) is 35.5 Å². The molecule has 0 bridgehead atoms. The quantitative estimate of drug-likeness (QED) is 0.756. The molecular formula is C12H23NO3. The molecule has 0 aromatic rings. The molecule has 3 unspecified atom stereocenters. The number of nitrogens with zero attached hydrogens (tertiary/aromatic N) is 1. The van der Waals surface area contributed by atoms with E-state index in [2.05, 4.69) is 13.8 Å². The van der Waals surface area contributed by atoms with E-state index in [1.165, 1.54) is 0 Å². The molecule has 0 aliphatic heterocycles. The fourth-order valence-electron chi connectivity index (χ4n) is 1.46. The highest BCUT2D eigenvalue weighted by molar-refractivity contribution is 5.84. The van der Waals surface area contributed by atoms with Gasteiger partial charge in [0.1, 0.15) is 0 Å². The Bertz CT molecular complexity index is 253. The Morgan fingerprint density at radius 2 is 1.69 bits per heavy atom. The summed E-state index contributed by atoms with van der Waals surface area (Å²) in [5.74, 6) is -1.66. The van der Waals surface area contributed by atoms with E-state index < -0.39 is 17.8 Å². The molecule has 0 spiro atoms. The van der Waals surface area contributed by atoms with Crippen LogP contribution in [0.5, 0.6) is 0 Å². The number of carboxylic acids is 1. The lowest BCUT2D eigenvalue weighted by Crippen LogP contribution is -2.38. The van der Waals surface area contributed by atoms with E-state index in [1.54, 1.807) is 25.8 Å². The third kappa shape index (κ3) is 4.21. The summed E-state index contributed by atoms with van der Waals surface area (Å²) in [7, 11) is 1.74. The second-order valence-corrected chi connectivity index (χ2v) is 4.65. The Kier molecular flexibility index (Phi) is 6.08. The fourth-order valence-corrected chi connectivity index (χ4v) is 1.46. The summed E-state index contributed by atoms with van der Waals surface area (Å²) in [6.07, 6.45) is 1.01. The number of hydrogen-bond donors (Lipinski definition) is 1. The van der Waals surface area contributed by atoms with Crippen molar-refractivity contribution in [3.05, 3.63) is 0 Å². The van der Waals surface area contributed by atoms with Gasteiger partial charge >= 0.3 is 5.97 Å². The molecule has 1 amide bonds. The van der Waals surface area contributed by atoms with Gasteiger partial charge in [-0.3, -0.25) is 9.59 Å². The van der Waals surface area contributed by atoms with Crippen molar-refractivity contribution in [1.29, 1.82) is 0 Å². The minimum absolute atomic E-state index is 0.0878. The monoisotopic (exact) mass is 229 g/mol. The number of amides is 1. The lowest BCUT2D eigenvalue weighted by Gasteiger charge is -2.25. The van der Waals surface area contributed by atoms with E-state index >= 15 is 0 Å². The number of carboxylic acid groups (broad SMARTS) is 1. The van der Waals surface area contributed by atoms with Crippen molar-refractivity contribution in [3.63, 3.8) is 0 Å². The molecule has 0 rings (SSSR count). The molecular weight excluding hydrogens is 206 g/mol. The highest BCUT2D eigenvalue weighted by Crippen LogP contribution is 2.15. The topological polar surface area (TPSA) is 57.6 Å². The molecule has 4 heteroatoms. The molecule has 3 atom stereocenters. The summed E-state index contributed by atoms with van der Waals surface area (Å²) < 4.78 is 0. The molecule has 0 heterocycles. The molecule has 0 aliphatic rings. The van der Waals surface area contributed by atoms with E-state index in [9.17, 15) is 9.59 Å². The van der Waals surface area contributed by atoms with Crippen molar-refractivity contribution in [2.75, 3.05) is 13.6 Å². The maximum Gasteiger partial charge on any atom is 0.307 e. The minimum Gasteiger partial charge on any atom is -0.481 e. The number of aliphatic carboxylic acids is 1. The second kappa shape index (κ2) is 6.51. The van der Waals surface area contributed by atoms with Gasteiger partial charge in [0, 0.05) is 19.5 Å². The van der Waals surface area contributed by atoms with Gasteiger partial charge in [-0.05, 0) is 5.92 Å². The first-order chi connectivity index (χ1) is 7.31. The van der Waals surface area contributed by atoms with Crippen LogP contribution in [0.15, 0.2) is 0 Å². The third-order valence-electron chi connectivity index (χ3n) is 3.19. The summed E-state index contributed by atoms with van der Waals surface area (Å²) in [4.78, 5) is 24.3. The Morgan fingerprint density at radius 3 is 2.06 bits per heavy atom. The largest absolute Gasteiger partial charge is 0.481 e. The number of hydrogen-bond acceptors (Lipinski definition) is 2. The van der Waals surface area contributed by atoms with Crippen LogP contribution >= 0.6 is 0 Å². The Hall–Kier alpha value is -1.06. The predicted molar refractivity (Wildman–Crippen MR) is 63.1 cm³/mol. The van der Waals surface area contributed by atoms with Crippen LogP contribution in [0.2, 0.25) is 0 Å². The molecule has 1 N–H and O–H groups in total. The Morgan fingerprint density at radius 1 is 1.19 bits per heavy atom. The smallest absolute Gasteiger partial charge is 0.307 e. The van der Waals surface area contributed by atoms with Crippen molar-refractivity contribution in [1.82, 2.24) is 4.90 Å². The van der Waals surface area contributed by atoms with Gasteiger partial charge in [-0.15, -0.1) is 0 Å². The van der Waals surface area contributed by atoms with Gasteiger partial charge in [0.25, 0.3) is 0 Å². The molecule has 0 radical (unpaired) electrons. The molecule has 0 saturated carbocycles. The maximum absolute atomic E-state index is 11.9. The standard InChI is InChI=1S/C12H23NO3/c1-6-8(2)7-13(5)11(14)9(3)10(4)12(15)16/h8-10H,6-7H2,1-5H3,(H,15,16). The predicted octanol–water partition coefficient (Wildman–Crippen LogP) is 1.85. The highest BCUT2D eigenvalue weighted by Gasteiger charge is 2.28. The van der Waals surface area contributed by atoms with Gasteiger partial charge in [0.05, 0.1) is 5.92 Å². The Balaban J connectivity index is 4.37. The molecule has 16 heavy (non-hydrogen) atoms. The highest BCUT2D eigenvalue weighted by atomic mass is 16.4. The molecule has 94 valence electrons. The van der Waals surface area contributed by atoms with Crippen molar-refractivity contribution < 1.29 is 14.7 Å². The van der Waals surface area contributed by atoms with E-state index in [-0.39, 0.29) is 5.91 Å². The zero-order valence-electron chi connectivity index (χ0n) is 10.9. The van der Waals surface area contributed by atoms with Gasteiger partial charge in [-0.1, -0.05) is 34.1 Å². The molecule has 0 fully saturated rings. The number of carbonyl (C=O) groups is 2. The van der Waals surface area contributed by atoms with Crippen LogP contribution in [0.4, 0.5) is 0 Å². The van der Waals surface area contributed by atoms with E-state index in [0.29, 0.717) is 12.5 Å². The van der Waals surface area contributed by atoms with Gasteiger partial charge < -0.3 is 10.0 Å². The summed E-state index contributed by atoms with van der Waals surface area (Å²) in [5, 5.41) is 8.84. The van der Waals surface area contributed by atoms with Gasteiger partial charge in [-0.25, -0.2) is 0 Å². The zero-order valence-corrected chi connectivity index (χ0v) is 10.9. The Labute approximate surface area is 97.6 Å². The van der Waals surface area contributed by atoms with Crippen LogP contribution < -0.4 is 0 Å². The van der Waals surface area contributed by atoms with Crippen LogP contribution in [0.3, 0.4) is 0 Å². The average molecular weight is 229 g/mol. The summed E-state index contributed by atoms with van der Waals surface area (Å²) >= 11 is 0. The molecule has 0 aliphatic carbocycles. The second-order valence-electron chi connectivity index (χ2n) is 4.65. The lowest BCUT2D eigenvalue weighted by atomic mass is 9.94. The molecule has 0 saturated heterocycles.